The highest BCUT2D eigenvalue weighted by molar-refractivity contribution is 5.92. The first-order valence-electron chi connectivity index (χ1n) is 7.78. The lowest BCUT2D eigenvalue weighted by molar-refractivity contribution is 0.355. The van der Waals surface area contributed by atoms with E-state index in [1.807, 2.05) is 6.07 Å². The molecule has 3 N–H and O–H groups in total. The van der Waals surface area contributed by atoms with Crippen molar-refractivity contribution in [3.63, 3.8) is 0 Å². The Morgan fingerprint density at radius 3 is 2.00 bits per heavy atom. The number of fused-ring (bicyclic) bond motifs is 1. The monoisotopic (exact) mass is 392 g/mol. The molecule has 3 aromatic rings. The van der Waals surface area contributed by atoms with Gasteiger partial charge in [-0.05, 0) is 18.2 Å². The normalized spacial score (nSPS) is 10.1. The maximum atomic E-state index is 6.10. The predicted octanol–water partition coefficient (Wildman–Crippen LogP) is 3.41. The van der Waals surface area contributed by atoms with Crippen LogP contribution < -0.4 is 30.0 Å². The average Bonchev–Trinajstić information content (AvgIpc) is 2.66. The topological polar surface area (TPSA) is 101 Å². The van der Waals surface area contributed by atoms with Crippen molar-refractivity contribution in [2.75, 3.05) is 39.5 Å². The van der Waals surface area contributed by atoms with Gasteiger partial charge < -0.3 is 30.0 Å². The first-order chi connectivity index (χ1) is 12.6. The third-order valence-corrected chi connectivity index (χ3v) is 3.87. The van der Waals surface area contributed by atoms with E-state index in [2.05, 4.69) is 15.3 Å². The second-order valence-electron chi connectivity index (χ2n) is 5.35. The molecular formula is C18H21ClN4O4. The molecule has 2 aromatic carbocycles. The number of hydrogen-bond donors (Lipinski definition) is 2. The van der Waals surface area contributed by atoms with Crippen LogP contribution in [0.3, 0.4) is 0 Å². The van der Waals surface area contributed by atoms with E-state index < -0.39 is 0 Å². The summed E-state index contributed by atoms with van der Waals surface area (Å²) >= 11 is 0. The number of nitrogen functional groups attached to an aromatic ring is 1. The van der Waals surface area contributed by atoms with Gasteiger partial charge in [-0.1, -0.05) is 0 Å². The van der Waals surface area contributed by atoms with E-state index in [1.54, 1.807) is 52.7 Å². The molecule has 9 heteroatoms. The van der Waals surface area contributed by atoms with Crippen molar-refractivity contribution in [2.45, 2.75) is 0 Å². The first kappa shape index (κ1) is 20.2. The summed E-state index contributed by atoms with van der Waals surface area (Å²) in [6.07, 6.45) is 0. The Kier molecular flexibility index (Phi) is 6.36. The lowest BCUT2D eigenvalue weighted by Crippen LogP contribution is -2.03. The number of ether oxygens (including phenoxy) is 4. The highest BCUT2D eigenvalue weighted by Gasteiger charge is 2.12. The highest BCUT2D eigenvalue weighted by Crippen LogP contribution is 2.35. The quantitative estimate of drug-likeness (QED) is 0.658. The summed E-state index contributed by atoms with van der Waals surface area (Å²) in [6.45, 7) is 0. The number of aromatic nitrogens is 2. The van der Waals surface area contributed by atoms with Crippen molar-refractivity contribution in [3.05, 3.63) is 30.3 Å². The SMILES string of the molecule is COc1ccc(Nc2nc(N)c3cc(OC)c(OC)cc3n2)cc1OC.Cl. The molecule has 27 heavy (non-hydrogen) atoms. The Morgan fingerprint density at radius 1 is 0.778 bits per heavy atom. The van der Waals surface area contributed by atoms with Gasteiger partial charge in [-0.25, -0.2) is 4.98 Å². The summed E-state index contributed by atoms with van der Waals surface area (Å²) in [4.78, 5) is 8.82. The van der Waals surface area contributed by atoms with Gasteiger partial charge in [0, 0.05) is 23.2 Å². The van der Waals surface area contributed by atoms with Crippen LogP contribution in [0.15, 0.2) is 30.3 Å². The molecule has 0 amide bonds. The van der Waals surface area contributed by atoms with Crippen LogP contribution >= 0.6 is 12.4 Å². The molecule has 0 unspecified atom stereocenters. The van der Waals surface area contributed by atoms with Gasteiger partial charge in [-0.2, -0.15) is 4.98 Å². The summed E-state index contributed by atoms with van der Waals surface area (Å²) in [5, 5.41) is 3.80. The zero-order chi connectivity index (χ0) is 18.7. The molecule has 1 aromatic heterocycles. The summed E-state index contributed by atoms with van der Waals surface area (Å²) in [5.74, 6) is 3.05. The van der Waals surface area contributed by atoms with Crippen molar-refractivity contribution in [2.24, 2.45) is 0 Å². The zero-order valence-corrected chi connectivity index (χ0v) is 16.2. The molecule has 0 saturated heterocycles. The predicted molar refractivity (Wildman–Crippen MR) is 107 cm³/mol. The van der Waals surface area contributed by atoms with E-state index in [0.29, 0.717) is 45.7 Å². The number of halogens is 1. The number of benzene rings is 2. The van der Waals surface area contributed by atoms with Gasteiger partial charge in [0.15, 0.2) is 23.0 Å². The summed E-state index contributed by atoms with van der Waals surface area (Å²) in [6, 6.07) is 8.92. The Labute approximate surface area is 163 Å². The van der Waals surface area contributed by atoms with Crippen molar-refractivity contribution in [3.8, 4) is 23.0 Å². The van der Waals surface area contributed by atoms with Crippen LogP contribution in [0.4, 0.5) is 17.5 Å². The molecular weight excluding hydrogens is 372 g/mol. The zero-order valence-electron chi connectivity index (χ0n) is 15.4. The Morgan fingerprint density at radius 2 is 1.37 bits per heavy atom. The lowest BCUT2D eigenvalue weighted by atomic mass is 10.2. The number of nitrogens with one attached hydrogen (secondary N) is 1. The van der Waals surface area contributed by atoms with E-state index in [9.17, 15) is 0 Å². The second kappa shape index (κ2) is 8.50. The van der Waals surface area contributed by atoms with E-state index in [-0.39, 0.29) is 12.4 Å². The van der Waals surface area contributed by atoms with Crippen LogP contribution in [0, 0.1) is 0 Å². The molecule has 0 aliphatic rings. The first-order valence-corrected chi connectivity index (χ1v) is 7.78. The van der Waals surface area contributed by atoms with Crippen molar-refractivity contribution in [1.82, 2.24) is 9.97 Å². The fraction of sp³-hybridized carbons (Fsp3) is 0.222. The average molecular weight is 393 g/mol. The van der Waals surface area contributed by atoms with E-state index in [0.717, 1.165) is 5.69 Å². The van der Waals surface area contributed by atoms with Gasteiger partial charge in [0.2, 0.25) is 5.95 Å². The van der Waals surface area contributed by atoms with Crippen LogP contribution in [0.25, 0.3) is 10.9 Å². The van der Waals surface area contributed by atoms with Crippen molar-refractivity contribution in [1.29, 1.82) is 0 Å². The number of rotatable bonds is 6. The number of methoxy groups -OCH3 is 4. The molecule has 0 radical (unpaired) electrons. The Bertz CT molecular complexity index is 952. The van der Waals surface area contributed by atoms with Crippen LogP contribution in [0.2, 0.25) is 0 Å². The molecule has 3 rings (SSSR count). The Hall–Kier alpha value is -3.13. The largest absolute Gasteiger partial charge is 0.493 e. The fourth-order valence-corrected chi connectivity index (χ4v) is 2.58. The third-order valence-electron chi connectivity index (χ3n) is 3.87. The molecule has 0 bridgehead atoms. The minimum absolute atomic E-state index is 0. The molecule has 0 saturated carbocycles. The van der Waals surface area contributed by atoms with Gasteiger partial charge in [0.1, 0.15) is 5.82 Å². The van der Waals surface area contributed by atoms with E-state index in [1.165, 1.54) is 0 Å². The third kappa shape index (κ3) is 4.01. The lowest BCUT2D eigenvalue weighted by Gasteiger charge is -2.13. The molecule has 144 valence electrons. The summed E-state index contributed by atoms with van der Waals surface area (Å²) < 4.78 is 21.2. The molecule has 0 aliphatic heterocycles. The molecule has 0 atom stereocenters. The second-order valence-corrected chi connectivity index (χ2v) is 5.35. The molecule has 8 nitrogen and oxygen atoms in total. The van der Waals surface area contributed by atoms with Gasteiger partial charge in [-0.3, -0.25) is 0 Å². The van der Waals surface area contributed by atoms with Gasteiger partial charge in [-0.15, -0.1) is 12.4 Å². The van der Waals surface area contributed by atoms with Crippen molar-refractivity contribution >= 4 is 40.8 Å². The fourth-order valence-electron chi connectivity index (χ4n) is 2.58. The van der Waals surface area contributed by atoms with Gasteiger partial charge in [0.25, 0.3) is 0 Å². The van der Waals surface area contributed by atoms with E-state index >= 15 is 0 Å². The summed E-state index contributed by atoms with van der Waals surface area (Å²) in [7, 11) is 6.29. The smallest absolute Gasteiger partial charge is 0.229 e. The van der Waals surface area contributed by atoms with Gasteiger partial charge in [0.05, 0.1) is 34.0 Å². The molecule has 0 spiro atoms. The number of anilines is 3. The maximum Gasteiger partial charge on any atom is 0.229 e. The van der Waals surface area contributed by atoms with Crippen LogP contribution in [0.1, 0.15) is 0 Å². The number of hydrogen-bond acceptors (Lipinski definition) is 8. The van der Waals surface area contributed by atoms with Crippen molar-refractivity contribution < 1.29 is 18.9 Å². The highest BCUT2D eigenvalue weighted by atomic mass is 35.5. The minimum Gasteiger partial charge on any atom is -0.493 e. The van der Waals surface area contributed by atoms with E-state index in [4.69, 9.17) is 24.7 Å². The molecule has 0 aliphatic carbocycles. The molecule has 1 heterocycles. The standard InChI is InChI=1S/C18H20N4O4.ClH/c1-23-13-6-5-10(7-14(13)24-2)20-18-21-12-9-16(26-4)15(25-3)8-11(12)17(19)22-18;/h5-9H,1-4H3,(H3,19,20,21,22);1H. The van der Waals surface area contributed by atoms with Gasteiger partial charge >= 0.3 is 0 Å². The molecule has 0 fully saturated rings. The van der Waals surface area contributed by atoms with Crippen LogP contribution in [-0.4, -0.2) is 38.4 Å². The summed E-state index contributed by atoms with van der Waals surface area (Å²) in [5.41, 5.74) is 7.47. The number of nitrogens with zero attached hydrogens (tertiary/aromatic N) is 2. The Balaban J connectivity index is 0.00000261. The van der Waals surface area contributed by atoms with Crippen LogP contribution in [-0.2, 0) is 0 Å². The van der Waals surface area contributed by atoms with Crippen LogP contribution in [0.5, 0.6) is 23.0 Å². The maximum absolute atomic E-state index is 6.10. The minimum atomic E-state index is 0. The number of nitrogens with two attached hydrogens (primary N) is 1.